The number of hydrogen-bond donors (Lipinski definition) is 0. The van der Waals surface area contributed by atoms with Crippen LogP contribution in [0, 0.1) is 0 Å². The van der Waals surface area contributed by atoms with Crippen LogP contribution in [0.15, 0.2) is 0 Å². The predicted molar refractivity (Wildman–Crippen MR) is 57.9 cm³/mol. The lowest BCUT2D eigenvalue weighted by Crippen LogP contribution is -1.64. The Morgan fingerprint density at radius 2 is 1.67 bits per heavy atom. The van der Waals surface area contributed by atoms with Gasteiger partial charge < -0.3 is 0 Å². The third kappa shape index (κ3) is 27.0. The largest absolute Gasteiger partial charge is 0.0928 e. The minimum atomic E-state index is 1.16. The van der Waals surface area contributed by atoms with Crippen LogP contribution in [-0.2, 0) is 0 Å². The van der Waals surface area contributed by atoms with Gasteiger partial charge in [0.1, 0.15) is 0 Å². The third-order valence-electron chi connectivity index (χ3n) is 0.676. The molecule has 0 aromatic rings. The monoisotopic (exact) mass is 306 g/mol. The van der Waals surface area contributed by atoms with Gasteiger partial charge in [0.05, 0.1) is 0 Å². The number of rotatable bonds is 3. The molecular formula is C7H16BrI. The molecule has 0 bridgehead atoms. The standard InChI is InChI=1S/C4H9Br.C3H7I/c1-2-3-4-5;1-2-3-4/h2-4H2,1H3;2-3H2,1H3. The topological polar surface area (TPSA) is 0 Å². The lowest BCUT2D eigenvalue weighted by atomic mass is 10.4. The Labute approximate surface area is 81.1 Å². The van der Waals surface area contributed by atoms with Gasteiger partial charge in [-0.3, -0.25) is 0 Å². The first-order valence-electron chi connectivity index (χ1n) is 3.45. The SMILES string of the molecule is CCCCBr.CCCI. The Morgan fingerprint density at radius 3 is 1.67 bits per heavy atom. The molecular weight excluding hydrogens is 291 g/mol. The molecule has 0 aliphatic carbocycles. The summed E-state index contributed by atoms with van der Waals surface area (Å²) in [4.78, 5) is 0. The highest BCUT2D eigenvalue weighted by molar-refractivity contribution is 14.1. The van der Waals surface area contributed by atoms with E-state index in [2.05, 4.69) is 52.4 Å². The predicted octanol–water partition coefficient (Wildman–Crippen LogP) is 4.01. The maximum Gasteiger partial charge on any atom is 0.00312 e. The van der Waals surface area contributed by atoms with Crippen LogP contribution < -0.4 is 0 Å². The van der Waals surface area contributed by atoms with Crippen molar-refractivity contribution in [2.75, 3.05) is 9.76 Å². The summed E-state index contributed by atoms with van der Waals surface area (Å²) in [5, 5.41) is 1.16. The van der Waals surface area contributed by atoms with Gasteiger partial charge in [-0.2, -0.15) is 0 Å². The van der Waals surface area contributed by atoms with Crippen molar-refractivity contribution in [2.24, 2.45) is 0 Å². The molecule has 0 nitrogen and oxygen atoms in total. The fourth-order valence-corrected chi connectivity index (χ4v) is 0.694. The molecule has 0 N–H and O–H groups in total. The van der Waals surface area contributed by atoms with E-state index in [1.807, 2.05) is 0 Å². The van der Waals surface area contributed by atoms with Crippen LogP contribution in [0.3, 0.4) is 0 Å². The quantitative estimate of drug-likeness (QED) is 0.546. The van der Waals surface area contributed by atoms with Gasteiger partial charge in [0.25, 0.3) is 0 Å². The lowest BCUT2D eigenvalue weighted by molar-refractivity contribution is 0.902. The molecule has 0 amide bonds. The number of halogens is 2. The zero-order chi connectivity index (χ0) is 7.54. The first-order chi connectivity index (χ1) is 4.33. The van der Waals surface area contributed by atoms with Crippen LogP contribution in [0.1, 0.15) is 33.1 Å². The van der Waals surface area contributed by atoms with Crippen molar-refractivity contribution in [3.05, 3.63) is 0 Å². The summed E-state index contributed by atoms with van der Waals surface area (Å²) < 4.78 is 1.29. The molecule has 0 aliphatic heterocycles. The average molecular weight is 307 g/mol. The highest BCUT2D eigenvalue weighted by Gasteiger charge is 1.69. The molecule has 0 radical (unpaired) electrons. The number of hydrogen-bond acceptors (Lipinski definition) is 0. The number of alkyl halides is 2. The van der Waals surface area contributed by atoms with E-state index in [1.165, 1.54) is 23.7 Å². The van der Waals surface area contributed by atoms with E-state index < -0.39 is 0 Å². The van der Waals surface area contributed by atoms with Crippen LogP contribution >= 0.6 is 38.5 Å². The van der Waals surface area contributed by atoms with Gasteiger partial charge >= 0.3 is 0 Å². The average Bonchev–Trinajstić information content (AvgIpc) is 1.91. The molecule has 0 atom stereocenters. The Morgan fingerprint density at radius 1 is 1.22 bits per heavy atom. The molecule has 9 heavy (non-hydrogen) atoms. The molecule has 0 heterocycles. The Hall–Kier alpha value is 1.21. The highest BCUT2D eigenvalue weighted by atomic mass is 127. The van der Waals surface area contributed by atoms with Gasteiger partial charge in [0.15, 0.2) is 0 Å². The molecule has 0 saturated heterocycles. The van der Waals surface area contributed by atoms with E-state index in [1.54, 1.807) is 0 Å². The van der Waals surface area contributed by atoms with Gasteiger partial charge in [-0.05, 0) is 17.3 Å². The first-order valence-corrected chi connectivity index (χ1v) is 6.10. The minimum Gasteiger partial charge on any atom is -0.0928 e. The second-order valence-electron chi connectivity index (χ2n) is 1.73. The zero-order valence-corrected chi connectivity index (χ0v) is 10.0. The van der Waals surface area contributed by atoms with Gasteiger partial charge in [-0.15, -0.1) is 0 Å². The summed E-state index contributed by atoms with van der Waals surface area (Å²) in [6.45, 7) is 4.35. The molecule has 0 spiro atoms. The fraction of sp³-hybridized carbons (Fsp3) is 1.00. The van der Waals surface area contributed by atoms with Crippen molar-refractivity contribution >= 4 is 38.5 Å². The summed E-state index contributed by atoms with van der Waals surface area (Å²) in [6.07, 6.45) is 3.91. The van der Waals surface area contributed by atoms with E-state index in [4.69, 9.17) is 0 Å². The second kappa shape index (κ2) is 16.1. The molecule has 0 aliphatic rings. The Bertz CT molecular complexity index is 28.1. The molecule has 0 aromatic heterocycles. The lowest BCUT2D eigenvalue weighted by Gasteiger charge is -1.77. The normalized spacial score (nSPS) is 8.00. The maximum atomic E-state index is 3.31. The molecule has 58 valence electrons. The molecule has 0 fully saturated rings. The summed E-state index contributed by atoms with van der Waals surface area (Å²) in [5.74, 6) is 0. The van der Waals surface area contributed by atoms with Crippen LogP contribution in [-0.4, -0.2) is 9.76 Å². The Kier molecular flexibility index (Phi) is 23.0. The molecule has 0 aromatic carbocycles. The first kappa shape index (κ1) is 12.8. The van der Waals surface area contributed by atoms with Crippen LogP contribution in [0.4, 0.5) is 0 Å². The van der Waals surface area contributed by atoms with E-state index in [0.29, 0.717) is 0 Å². The van der Waals surface area contributed by atoms with Crippen LogP contribution in [0.2, 0.25) is 0 Å². The summed E-state index contributed by atoms with van der Waals surface area (Å²) in [7, 11) is 0. The van der Waals surface area contributed by atoms with Crippen molar-refractivity contribution in [3.8, 4) is 0 Å². The number of unbranched alkanes of at least 4 members (excludes halogenated alkanes) is 1. The second-order valence-corrected chi connectivity index (χ2v) is 3.60. The van der Waals surface area contributed by atoms with E-state index in [9.17, 15) is 0 Å². The van der Waals surface area contributed by atoms with Crippen molar-refractivity contribution in [1.29, 1.82) is 0 Å². The summed E-state index contributed by atoms with van der Waals surface area (Å²) >= 11 is 5.66. The van der Waals surface area contributed by atoms with E-state index in [0.717, 1.165) is 5.33 Å². The van der Waals surface area contributed by atoms with Crippen LogP contribution in [0.5, 0.6) is 0 Å². The molecule has 0 unspecified atom stereocenters. The molecule has 2 heteroatoms. The molecule has 0 rings (SSSR count). The Balaban J connectivity index is 0. The summed E-state index contributed by atoms with van der Waals surface area (Å²) in [5.41, 5.74) is 0. The van der Waals surface area contributed by atoms with Crippen molar-refractivity contribution in [3.63, 3.8) is 0 Å². The highest BCUT2D eigenvalue weighted by Crippen LogP contribution is 1.89. The fourth-order valence-electron chi connectivity index (χ4n) is 0.134. The minimum absolute atomic E-state index is 1.16. The van der Waals surface area contributed by atoms with E-state index >= 15 is 0 Å². The van der Waals surface area contributed by atoms with Crippen molar-refractivity contribution in [2.45, 2.75) is 33.1 Å². The molecule has 0 saturated carbocycles. The van der Waals surface area contributed by atoms with E-state index in [-0.39, 0.29) is 0 Å². The van der Waals surface area contributed by atoms with Gasteiger partial charge in [-0.1, -0.05) is 58.8 Å². The van der Waals surface area contributed by atoms with Crippen molar-refractivity contribution < 1.29 is 0 Å². The van der Waals surface area contributed by atoms with Gasteiger partial charge in [0.2, 0.25) is 0 Å². The van der Waals surface area contributed by atoms with Crippen LogP contribution in [0.25, 0.3) is 0 Å². The smallest absolute Gasteiger partial charge is 0.00312 e. The summed E-state index contributed by atoms with van der Waals surface area (Å²) in [6, 6.07) is 0. The van der Waals surface area contributed by atoms with Gasteiger partial charge in [0, 0.05) is 5.33 Å². The maximum absolute atomic E-state index is 3.31. The zero-order valence-electron chi connectivity index (χ0n) is 6.29. The third-order valence-corrected chi connectivity index (χ3v) is 2.32. The van der Waals surface area contributed by atoms with Crippen molar-refractivity contribution in [1.82, 2.24) is 0 Å². The van der Waals surface area contributed by atoms with Gasteiger partial charge in [-0.25, -0.2) is 0 Å².